The lowest BCUT2D eigenvalue weighted by Crippen LogP contribution is -2.71. The van der Waals surface area contributed by atoms with Crippen LogP contribution in [-0.4, -0.2) is 70.9 Å². The van der Waals surface area contributed by atoms with Crippen molar-refractivity contribution in [3.05, 3.63) is 47.6 Å². The lowest BCUT2D eigenvalue weighted by Gasteiger charge is -2.70. The van der Waals surface area contributed by atoms with Gasteiger partial charge < -0.3 is 29.5 Å². The van der Waals surface area contributed by atoms with Gasteiger partial charge in [0.1, 0.15) is 12.7 Å². The van der Waals surface area contributed by atoms with Crippen LogP contribution in [0.4, 0.5) is 0 Å². The van der Waals surface area contributed by atoms with Gasteiger partial charge in [-0.3, -0.25) is 0 Å². The molecule has 9 heteroatoms. The van der Waals surface area contributed by atoms with Crippen LogP contribution >= 0.6 is 0 Å². The Morgan fingerprint density at radius 1 is 0.727 bits per heavy atom. The summed E-state index contributed by atoms with van der Waals surface area (Å²) >= 11 is 0. The maximum Gasteiger partial charge on any atom is 0.333 e. The van der Waals surface area contributed by atoms with Gasteiger partial charge >= 0.3 is 17.9 Å². The van der Waals surface area contributed by atoms with Crippen LogP contribution in [0.25, 0.3) is 0 Å². The van der Waals surface area contributed by atoms with Crippen molar-refractivity contribution in [3.8, 4) is 0 Å². The van der Waals surface area contributed by atoms with Crippen LogP contribution in [0.15, 0.2) is 47.6 Å². The van der Waals surface area contributed by atoms with Crippen molar-refractivity contribution in [1.82, 2.24) is 0 Å². The Hall–Kier alpha value is -2.75. The second-order valence-corrected chi connectivity index (χ2v) is 19.5. The van der Waals surface area contributed by atoms with Gasteiger partial charge in [0, 0.05) is 22.1 Å². The Morgan fingerprint density at radius 3 is 1.82 bits per heavy atom. The highest BCUT2D eigenvalue weighted by atomic mass is 16.6. The van der Waals surface area contributed by atoms with Gasteiger partial charge in [-0.15, -0.1) is 6.58 Å². The topological polar surface area (TPSA) is 140 Å². The first-order valence-corrected chi connectivity index (χ1v) is 20.6. The summed E-state index contributed by atoms with van der Waals surface area (Å²) in [5, 5.41) is 36.4. The van der Waals surface area contributed by atoms with Gasteiger partial charge in [0.2, 0.25) is 0 Å². The van der Waals surface area contributed by atoms with E-state index in [1.807, 2.05) is 26.8 Å². The third kappa shape index (κ3) is 7.56. The summed E-state index contributed by atoms with van der Waals surface area (Å²) < 4.78 is 18.1. The molecule has 9 nitrogen and oxygen atoms in total. The molecule has 4 rings (SSSR count). The molecule has 0 spiro atoms. The van der Waals surface area contributed by atoms with Crippen LogP contribution in [0, 0.1) is 50.2 Å². The lowest BCUT2D eigenvalue weighted by molar-refractivity contribution is -0.280. The third-order valence-corrected chi connectivity index (χ3v) is 16.2. The van der Waals surface area contributed by atoms with E-state index < -0.39 is 58.0 Å². The van der Waals surface area contributed by atoms with E-state index in [9.17, 15) is 29.7 Å². The molecular weight excluding hydrogens is 696 g/mol. The van der Waals surface area contributed by atoms with Gasteiger partial charge in [-0.25, -0.2) is 14.4 Å². The fraction of sp³-hybridized carbons (Fsp3) is 0.761. The van der Waals surface area contributed by atoms with E-state index in [0.717, 1.165) is 25.7 Å². The number of carbonyl (C=O) groups excluding carboxylic acids is 3. The molecule has 0 heterocycles. The number of hydrogen-bond acceptors (Lipinski definition) is 9. The lowest BCUT2D eigenvalue weighted by atomic mass is 9.35. The van der Waals surface area contributed by atoms with Gasteiger partial charge in [0.25, 0.3) is 0 Å². The quantitative estimate of drug-likeness (QED) is 0.0822. The maximum absolute atomic E-state index is 13.5. The molecule has 3 unspecified atom stereocenters. The molecule has 0 aliphatic heterocycles. The Balaban J connectivity index is 1.82. The summed E-state index contributed by atoms with van der Waals surface area (Å²) in [4.78, 5) is 39.5. The van der Waals surface area contributed by atoms with Crippen molar-refractivity contribution >= 4 is 17.9 Å². The van der Waals surface area contributed by atoms with Crippen LogP contribution in [0.1, 0.15) is 134 Å². The Labute approximate surface area is 331 Å². The van der Waals surface area contributed by atoms with E-state index in [2.05, 4.69) is 34.3 Å². The molecule has 3 N–H and O–H groups in total. The smallest absolute Gasteiger partial charge is 0.333 e. The highest BCUT2D eigenvalue weighted by Gasteiger charge is 2.71. The van der Waals surface area contributed by atoms with E-state index in [4.69, 9.17) is 14.2 Å². The minimum absolute atomic E-state index is 0.0633. The number of ether oxygens (including phenoxy) is 3. The first-order chi connectivity index (χ1) is 25.5. The number of allylic oxidation sites excluding steroid dienone is 4. The number of rotatable bonds is 11. The maximum atomic E-state index is 13.5. The molecule has 4 saturated carbocycles. The predicted octanol–water partition coefficient (Wildman–Crippen LogP) is 8.21. The molecule has 310 valence electrons. The van der Waals surface area contributed by atoms with E-state index >= 15 is 0 Å². The summed E-state index contributed by atoms with van der Waals surface area (Å²) in [7, 11) is 0. The van der Waals surface area contributed by atoms with Crippen molar-refractivity contribution in [2.45, 2.75) is 159 Å². The number of aliphatic hydroxyl groups excluding tert-OH is 3. The molecule has 55 heavy (non-hydrogen) atoms. The standard InChI is InChI=1S/C46H72O9/c1-14-18-33-43(11)21-20-34(47)44(12,26-53-38(50)28(5)15-2)32(43)19-22-45(33,13)42(10)24-31-23-41(8,9)36(49)37(55-40(52)30(7)17-4)46(31,35(48)25-42)27-54-39(51)29(6)16-3/h14-17,31-37,47-49H,1,18-27H2,2-13H3/t31?,32?,33?,34-,35+,36-,37-,42-,43-,44+,45+,46-/m0/s1. The number of carbonyl (C=O) groups is 3. The van der Waals surface area contributed by atoms with Crippen molar-refractivity contribution in [2.75, 3.05) is 13.2 Å². The first kappa shape index (κ1) is 45.0. The summed E-state index contributed by atoms with van der Waals surface area (Å²) in [6.07, 6.45) is 8.42. The van der Waals surface area contributed by atoms with Gasteiger partial charge in [-0.1, -0.05) is 65.8 Å². The molecule has 0 bridgehead atoms. The first-order valence-electron chi connectivity index (χ1n) is 20.6. The van der Waals surface area contributed by atoms with Gasteiger partial charge in [-0.2, -0.15) is 0 Å². The highest BCUT2D eigenvalue weighted by Crippen LogP contribution is 2.73. The van der Waals surface area contributed by atoms with Crippen molar-refractivity contribution in [3.63, 3.8) is 0 Å². The van der Waals surface area contributed by atoms with E-state index in [1.165, 1.54) is 0 Å². The van der Waals surface area contributed by atoms with Crippen molar-refractivity contribution < 1.29 is 43.9 Å². The Morgan fingerprint density at radius 2 is 1.27 bits per heavy atom. The summed E-state index contributed by atoms with van der Waals surface area (Å²) in [6.45, 7) is 27.6. The predicted molar refractivity (Wildman–Crippen MR) is 214 cm³/mol. The molecule has 0 saturated heterocycles. The zero-order valence-corrected chi connectivity index (χ0v) is 35.9. The summed E-state index contributed by atoms with van der Waals surface area (Å²) in [5.41, 5.74) is -2.22. The Bertz CT molecular complexity index is 1570. The zero-order valence-electron chi connectivity index (χ0n) is 35.9. The van der Waals surface area contributed by atoms with Gasteiger partial charge in [-0.05, 0) is 132 Å². The van der Waals surface area contributed by atoms with Crippen LogP contribution < -0.4 is 0 Å². The molecule has 0 radical (unpaired) electrons. The highest BCUT2D eigenvalue weighted by molar-refractivity contribution is 5.88. The normalized spacial score (nSPS) is 42.0. The number of aliphatic hydroxyl groups is 3. The van der Waals surface area contributed by atoms with Crippen molar-refractivity contribution in [1.29, 1.82) is 0 Å². The number of fused-ring (bicyclic) bond motifs is 2. The largest absolute Gasteiger partial charge is 0.462 e. The average molecular weight is 769 g/mol. The van der Waals surface area contributed by atoms with Gasteiger partial charge in [0.05, 0.1) is 30.3 Å². The van der Waals surface area contributed by atoms with E-state index in [-0.39, 0.29) is 47.8 Å². The molecule has 4 aliphatic rings. The van der Waals surface area contributed by atoms with Crippen LogP contribution in [0.3, 0.4) is 0 Å². The number of hydrogen-bond donors (Lipinski definition) is 3. The number of esters is 3. The van der Waals surface area contributed by atoms with Crippen LogP contribution in [0.2, 0.25) is 0 Å². The average Bonchev–Trinajstić information content (AvgIpc) is 3.13. The minimum Gasteiger partial charge on any atom is -0.462 e. The monoisotopic (exact) mass is 769 g/mol. The van der Waals surface area contributed by atoms with Crippen molar-refractivity contribution in [2.24, 2.45) is 50.2 Å². The van der Waals surface area contributed by atoms with Crippen LogP contribution in [0.5, 0.6) is 0 Å². The second kappa shape index (κ2) is 16.2. The molecule has 0 aromatic carbocycles. The van der Waals surface area contributed by atoms with E-state index in [1.54, 1.807) is 52.8 Å². The molecular formula is C46H72O9. The van der Waals surface area contributed by atoms with E-state index in [0.29, 0.717) is 42.4 Å². The Kier molecular flexibility index (Phi) is 13.3. The zero-order chi connectivity index (χ0) is 41.5. The molecule has 4 fully saturated rings. The summed E-state index contributed by atoms with van der Waals surface area (Å²) in [5.74, 6) is -1.55. The minimum atomic E-state index is -1.25. The summed E-state index contributed by atoms with van der Waals surface area (Å²) in [6, 6.07) is 0. The van der Waals surface area contributed by atoms with Gasteiger partial charge in [0.15, 0.2) is 0 Å². The second-order valence-electron chi connectivity index (χ2n) is 19.5. The molecule has 12 atom stereocenters. The fourth-order valence-electron chi connectivity index (χ4n) is 12.0. The molecule has 4 aliphatic carbocycles. The van der Waals surface area contributed by atoms with Crippen LogP contribution in [-0.2, 0) is 28.6 Å². The molecule has 0 aromatic heterocycles. The molecule has 0 amide bonds. The third-order valence-electron chi connectivity index (χ3n) is 16.2. The fourth-order valence-corrected chi connectivity index (χ4v) is 12.0. The SMILES string of the molecule is C=CCC1[C@@]2(C)CC[C@H](O)[C@](C)(COC(=O)C(C)=CC)C2CC[C@@]1(C)[C@@]1(C)CC2CC(C)(C)[C@@H](O)[C@H](OC(=O)C(C)=CC)[C@]2(COC(=O)C(C)=CC)[C@H](O)C1. The molecule has 0 aromatic rings.